The third kappa shape index (κ3) is 5.15. The Balaban J connectivity index is 0.00000171. The van der Waals surface area contributed by atoms with E-state index in [1.165, 1.54) is 0 Å². The largest absolute Gasteiger partial charge is 0.317 e. The summed E-state index contributed by atoms with van der Waals surface area (Å²) in [5.74, 6) is 0.0986. The van der Waals surface area contributed by atoms with Gasteiger partial charge in [-0.25, -0.2) is 0 Å². The van der Waals surface area contributed by atoms with E-state index in [9.17, 15) is 9.59 Å². The minimum atomic E-state index is -0.420. The van der Waals surface area contributed by atoms with Crippen LogP contribution in [0.3, 0.4) is 0 Å². The molecule has 0 radical (unpaired) electrons. The highest BCUT2D eigenvalue weighted by Gasteiger charge is 2.22. The van der Waals surface area contributed by atoms with Gasteiger partial charge in [0.2, 0.25) is 0 Å². The first-order valence-electron chi connectivity index (χ1n) is 9.73. The molecule has 0 saturated carbocycles. The highest BCUT2D eigenvalue weighted by atomic mass is 35.5. The van der Waals surface area contributed by atoms with Gasteiger partial charge in [0.1, 0.15) is 11.4 Å². The highest BCUT2D eigenvalue weighted by molar-refractivity contribution is 6.04. The summed E-state index contributed by atoms with van der Waals surface area (Å²) >= 11 is 0. The zero-order valence-electron chi connectivity index (χ0n) is 17.4. The average Bonchev–Trinajstić information content (AvgIpc) is 3.10. The molecule has 0 bridgehead atoms. The number of nitrogens with one attached hydrogen (secondary N) is 2. The smallest absolute Gasteiger partial charge is 0.263 e. The minimum Gasteiger partial charge on any atom is -0.317 e. The van der Waals surface area contributed by atoms with Crippen LogP contribution in [-0.4, -0.2) is 38.3 Å². The molecule has 0 atom stereocenters. The third-order valence-corrected chi connectivity index (χ3v) is 5.34. The molecule has 0 aromatic carbocycles. The van der Waals surface area contributed by atoms with Crippen molar-refractivity contribution in [3.05, 3.63) is 64.3 Å². The molecule has 31 heavy (non-hydrogen) atoms. The van der Waals surface area contributed by atoms with Crippen LogP contribution < -0.4 is 16.2 Å². The molecule has 1 aliphatic rings. The number of anilines is 1. The monoisotopic (exact) mass is 464 g/mol. The van der Waals surface area contributed by atoms with Gasteiger partial charge in [0.05, 0.1) is 5.69 Å². The topological polar surface area (TPSA) is 93.8 Å². The first kappa shape index (κ1) is 24.6. The van der Waals surface area contributed by atoms with Crippen molar-refractivity contribution in [1.82, 2.24) is 24.6 Å². The average molecular weight is 465 g/mol. The molecule has 4 rings (SSSR count). The summed E-state index contributed by atoms with van der Waals surface area (Å²) < 4.78 is 3.29. The van der Waals surface area contributed by atoms with Crippen LogP contribution in [0.1, 0.15) is 34.8 Å². The molecule has 0 unspecified atom stereocenters. The Morgan fingerprint density at radius 2 is 1.97 bits per heavy atom. The van der Waals surface area contributed by atoms with Crippen LogP contribution in [0, 0.1) is 6.92 Å². The van der Waals surface area contributed by atoms with E-state index in [1.807, 2.05) is 18.2 Å². The number of carbonyl (C=O) groups excluding carboxylic acids is 1. The minimum absolute atomic E-state index is 0. The second-order valence-corrected chi connectivity index (χ2v) is 7.30. The van der Waals surface area contributed by atoms with E-state index in [0.717, 1.165) is 31.5 Å². The third-order valence-electron chi connectivity index (χ3n) is 5.34. The Bertz CT molecular complexity index is 1090. The lowest BCUT2D eigenvalue weighted by Crippen LogP contribution is -2.37. The number of aryl methyl sites for hydroxylation is 2. The van der Waals surface area contributed by atoms with E-state index in [1.54, 1.807) is 47.9 Å². The summed E-state index contributed by atoms with van der Waals surface area (Å²) in [4.78, 5) is 30.2. The molecule has 2 N–H and O–H groups in total. The van der Waals surface area contributed by atoms with E-state index in [0.29, 0.717) is 17.1 Å². The number of nitrogens with zero attached hydrogens (tertiary/aromatic N) is 4. The van der Waals surface area contributed by atoms with Gasteiger partial charge in [0, 0.05) is 43.3 Å². The molecular formula is C21H26Cl2N6O2. The van der Waals surface area contributed by atoms with Crippen molar-refractivity contribution in [3.8, 4) is 11.3 Å². The number of rotatable bonds is 4. The molecule has 0 spiro atoms. The van der Waals surface area contributed by atoms with Crippen molar-refractivity contribution >= 4 is 36.5 Å². The van der Waals surface area contributed by atoms with Gasteiger partial charge < -0.3 is 15.2 Å². The maximum Gasteiger partial charge on any atom is 0.263 e. The number of halogens is 2. The Morgan fingerprint density at radius 1 is 1.23 bits per heavy atom. The van der Waals surface area contributed by atoms with E-state index in [4.69, 9.17) is 0 Å². The molecule has 10 heteroatoms. The Kier molecular flexibility index (Phi) is 8.38. The van der Waals surface area contributed by atoms with Crippen molar-refractivity contribution in [1.29, 1.82) is 0 Å². The molecule has 3 aromatic heterocycles. The summed E-state index contributed by atoms with van der Waals surface area (Å²) in [5, 5.41) is 10.6. The van der Waals surface area contributed by atoms with E-state index >= 15 is 0 Å². The van der Waals surface area contributed by atoms with Gasteiger partial charge in [0.15, 0.2) is 0 Å². The van der Waals surface area contributed by atoms with Gasteiger partial charge in [-0.1, -0.05) is 0 Å². The zero-order valence-corrected chi connectivity index (χ0v) is 19.0. The van der Waals surface area contributed by atoms with Crippen molar-refractivity contribution in [2.75, 3.05) is 18.4 Å². The number of carbonyl (C=O) groups is 1. The Morgan fingerprint density at radius 3 is 2.65 bits per heavy atom. The number of amides is 1. The molecule has 1 saturated heterocycles. The summed E-state index contributed by atoms with van der Waals surface area (Å²) in [5.41, 5.74) is 2.15. The van der Waals surface area contributed by atoms with Gasteiger partial charge in [-0.3, -0.25) is 19.3 Å². The van der Waals surface area contributed by atoms with Crippen LogP contribution in [0.4, 0.5) is 5.82 Å². The molecule has 166 valence electrons. The van der Waals surface area contributed by atoms with Crippen LogP contribution in [-0.2, 0) is 7.05 Å². The van der Waals surface area contributed by atoms with Gasteiger partial charge in [0.25, 0.3) is 11.5 Å². The number of hydrogen-bond acceptors (Lipinski definition) is 5. The van der Waals surface area contributed by atoms with Crippen LogP contribution >= 0.6 is 24.8 Å². The lowest BCUT2D eigenvalue weighted by molar-refractivity contribution is 0.102. The maximum atomic E-state index is 13.1. The molecule has 0 aliphatic carbocycles. The van der Waals surface area contributed by atoms with E-state index < -0.39 is 5.91 Å². The van der Waals surface area contributed by atoms with Crippen molar-refractivity contribution in [3.63, 3.8) is 0 Å². The van der Waals surface area contributed by atoms with Gasteiger partial charge in [-0.05, 0) is 56.6 Å². The van der Waals surface area contributed by atoms with Gasteiger partial charge in [-0.2, -0.15) is 5.10 Å². The lowest BCUT2D eigenvalue weighted by Gasteiger charge is -2.25. The lowest BCUT2D eigenvalue weighted by atomic mass is 10.0. The summed E-state index contributed by atoms with van der Waals surface area (Å²) in [7, 11) is 1.75. The van der Waals surface area contributed by atoms with Crippen LogP contribution in [0.2, 0.25) is 0 Å². The van der Waals surface area contributed by atoms with E-state index in [2.05, 4.69) is 20.7 Å². The normalized spacial score (nSPS) is 13.7. The first-order valence-corrected chi connectivity index (χ1v) is 9.73. The first-order chi connectivity index (χ1) is 14.0. The molecule has 3 aromatic rings. The Labute approximate surface area is 192 Å². The highest BCUT2D eigenvalue weighted by Crippen LogP contribution is 2.21. The summed E-state index contributed by atoms with van der Waals surface area (Å²) in [6.07, 6.45) is 6.96. The number of piperidine rings is 1. The quantitative estimate of drug-likeness (QED) is 0.618. The summed E-state index contributed by atoms with van der Waals surface area (Å²) in [6, 6.07) is 7.46. The molecular weight excluding hydrogens is 439 g/mol. The standard InChI is InChI=1S/C21H24N6O2.2ClH/c1-14-7-11-27(16-5-9-22-10-6-16)21(29)19(14)20(28)24-18-12-17(25-26(18)2)15-4-3-8-23-13-15;;/h3-4,7-8,11-13,16,22H,5-6,9-10H2,1-2H3,(H,24,28);2*1H. The second-order valence-electron chi connectivity index (χ2n) is 7.30. The fraction of sp³-hybridized carbons (Fsp3) is 0.333. The van der Waals surface area contributed by atoms with Gasteiger partial charge >= 0.3 is 0 Å². The van der Waals surface area contributed by atoms with Crippen molar-refractivity contribution < 1.29 is 4.79 Å². The van der Waals surface area contributed by atoms with Gasteiger partial charge in [-0.15, -0.1) is 24.8 Å². The fourth-order valence-corrected chi connectivity index (χ4v) is 3.71. The number of aromatic nitrogens is 4. The molecule has 4 heterocycles. The summed E-state index contributed by atoms with van der Waals surface area (Å²) in [6.45, 7) is 3.53. The predicted octanol–water partition coefficient (Wildman–Crippen LogP) is 2.97. The molecule has 1 amide bonds. The SMILES string of the molecule is Cc1ccn(C2CCNCC2)c(=O)c1C(=O)Nc1cc(-c2cccnc2)nn1C.Cl.Cl. The van der Waals surface area contributed by atoms with Crippen LogP contribution in [0.25, 0.3) is 11.3 Å². The van der Waals surface area contributed by atoms with Crippen molar-refractivity contribution in [2.45, 2.75) is 25.8 Å². The Hall–Kier alpha value is -2.68. The van der Waals surface area contributed by atoms with Crippen LogP contribution in [0.15, 0.2) is 47.7 Å². The number of hydrogen-bond donors (Lipinski definition) is 2. The predicted molar refractivity (Wildman–Crippen MR) is 125 cm³/mol. The number of pyridine rings is 2. The maximum absolute atomic E-state index is 13.1. The second kappa shape index (κ2) is 10.6. The fourth-order valence-electron chi connectivity index (χ4n) is 3.71. The zero-order chi connectivity index (χ0) is 20.4. The van der Waals surface area contributed by atoms with Crippen molar-refractivity contribution in [2.24, 2.45) is 7.05 Å². The van der Waals surface area contributed by atoms with E-state index in [-0.39, 0.29) is 42.0 Å². The molecule has 8 nitrogen and oxygen atoms in total. The van der Waals surface area contributed by atoms with Crippen LogP contribution in [0.5, 0.6) is 0 Å². The molecule has 1 aliphatic heterocycles. The molecule has 1 fully saturated rings.